The van der Waals surface area contributed by atoms with Gasteiger partial charge in [-0.3, -0.25) is 29.3 Å². The molecule has 0 aliphatic carbocycles. The van der Waals surface area contributed by atoms with E-state index in [-0.39, 0.29) is 27.8 Å². The van der Waals surface area contributed by atoms with E-state index < -0.39 is 49.8 Å². The molecule has 3 heterocycles. The molecule has 3 atom stereocenters. The van der Waals surface area contributed by atoms with Gasteiger partial charge in [-0.2, -0.15) is 0 Å². The molecule has 3 amide bonds. The van der Waals surface area contributed by atoms with E-state index >= 15 is 0 Å². The van der Waals surface area contributed by atoms with E-state index in [4.69, 9.17) is 9.88 Å². The number of nitrogens with two attached hydrogens (primary N) is 1. The standard InChI is InChI=1S/C28H21N5O9S3/c29-45(40,41)19-11-3-15(4-12-19)30-20(34)13-42-18-9-1-14(2-10-18)21-22-24(43-25-23(21)44-28(37)31-25)27(36)32(26(22)35)16-5-7-17(8-6-16)33(38)39/h1-12,21-22,24H,13H2,(H,30,34)(H,31,37)(H2,29,40,41). The molecule has 3 unspecified atom stereocenters. The Morgan fingerprint density at radius 1 is 1.00 bits per heavy atom. The van der Waals surface area contributed by atoms with Crippen LogP contribution in [0.15, 0.2) is 87.5 Å². The zero-order valence-electron chi connectivity index (χ0n) is 22.7. The van der Waals surface area contributed by atoms with Crippen molar-refractivity contribution in [2.75, 3.05) is 16.8 Å². The van der Waals surface area contributed by atoms with Crippen LogP contribution in [0.1, 0.15) is 16.4 Å². The van der Waals surface area contributed by atoms with E-state index in [0.29, 0.717) is 26.9 Å². The summed E-state index contributed by atoms with van der Waals surface area (Å²) in [5, 5.41) is 18.4. The summed E-state index contributed by atoms with van der Waals surface area (Å²) in [6.45, 7) is -0.359. The smallest absolute Gasteiger partial charge is 0.305 e. The minimum atomic E-state index is -3.86. The van der Waals surface area contributed by atoms with E-state index in [9.17, 15) is 37.7 Å². The second-order valence-electron chi connectivity index (χ2n) is 10.0. The van der Waals surface area contributed by atoms with Crippen molar-refractivity contribution in [3.05, 3.63) is 103 Å². The Labute approximate surface area is 262 Å². The van der Waals surface area contributed by atoms with Crippen molar-refractivity contribution in [1.29, 1.82) is 0 Å². The quantitative estimate of drug-likeness (QED) is 0.142. The number of nitrogens with zero attached hydrogens (tertiary/aromatic N) is 2. The number of H-pyrrole nitrogens is 1. The van der Waals surface area contributed by atoms with E-state index in [0.717, 1.165) is 28.0 Å². The zero-order valence-corrected chi connectivity index (χ0v) is 25.2. The van der Waals surface area contributed by atoms with Gasteiger partial charge in [-0.15, -0.1) is 0 Å². The predicted molar refractivity (Wildman–Crippen MR) is 164 cm³/mol. The molecule has 0 bridgehead atoms. The Hall–Kier alpha value is -4.84. The van der Waals surface area contributed by atoms with Crippen molar-refractivity contribution in [1.82, 2.24) is 4.98 Å². The van der Waals surface area contributed by atoms with Crippen molar-refractivity contribution >= 4 is 67.9 Å². The topological polar surface area (TPSA) is 212 Å². The summed E-state index contributed by atoms with van der Waals surface area (Å²) < 4.78 is 28.4. The van der Waals surface area contributed by atoms with Gasteiger partial charge in [0.1, 0.15) is 11.0 Å². The number of fused-ring (bicyclic) bond motifs is 2. The first kappa shape index (κ1) is 30.2. The van der Waals surface area contributed by atoms with Gasteiger partial charge < -0.3 is 15.0 Å². The minimum absolute atomic E-state index is 0.0959. The molecule has 1 fully saturated rings. The lowest BCUT2D eigenvalue weighted by molar-refractivity contribution is -0.384. The second kappa shape index (κ2) is 11.6. The van der Waals surface area contributed by atoms with Gasteiger partial charge in [-0.1, -0.05) is 35.2 Å². The molecule has 0 spiro atoms. The Balaban J connectivity index is 1.20. The number of aromatic amines is 1. The molecule has 0 saturated carbocycles. The van der Waals surface area contributed by atoms with Crippen LogP contribution in [0.3, 0.4) is 0 Å². The first-order valence-corrected chi connectivity index (χ1v) is 16.3. The number of hydrogen-bond donors (Lipinski definition) is 3. The Morgan fingerprint density at radius 2 is 1.67 bits per heavy atom. The number of anilines is 2. The average molecular weight is 668 g/mol. The molecular weight excluding hydrogens is 647 g/mol. The number of non-ortho nitro benzene ring substituents is 1. The van der Waals surface area contributed by atoms with Crippen LogP contribution < -0.4 is 25.0 Å². The number of sulfonamides is 1. The lowest BCUT2D eigenvalue weighted by Crippen LogP contribution is -2.32. The minimum Gasteiger partial charge on any atom is -0.484 e. The van der Waals surface area contributed by atoms with Crippen molar-refractivity contribution in [3.63, 3.8) is 0 Å². The van der Waals surface area contributed by atoms with Crippen LogP contribution in [0, 0.1) is 16.0 Å². The van der Waals surface area contributed by atoms with Crippen LogP contribution in [-0.2, 0) is 24.4 Å². The number of hydrogen-bond acceptors (Lipinski definition) is 11. The largest absolute Gasteiger partial charge is 0.484 e. The summed E-state index contributed by atoms with van der Waals surface area (Å²) in [5.41, 5.74) is 1.01. The van der Waals surface area contributed by atoms with Crippen molar-refractivity contribution in [2.45, 2.75) is 21.1 Å². The van der Waals surface area contributed by atoms with E-state index in [1.807, 2.05) is 0 Å². The maximum absolute atomic E-state index is 13.8. The molecule has 2 aliphatic heterocycles. The average Bonchev–Trinajstić information content (AvgIpc) is 3.50. The lowest BCUT2D eigenvalue weighted by Gasteiger charge is -2.29. The molecule has 1 saturated heterocycles. The normalized spacial score (nSPS) is 19.1. The monoisotopic (exact) mass is 667 g/mol. The molecule has 6 rings (SSSR count). The number of imide groups is 1. The van der Waals surface area contributed by atoms with Gasteiger partial charge in [0, 0.05) is 28.6 Å². The number of ether oxygens (including phenoxy) is 1. The van der Waals surface area contributed by atoms with E-state index in [1.54, 1.807) is 24.3 Å². The Kier molecular flexibility index (Phi) is 7.77. The number of nitrogens with one attached hydrogen (secondary N) is 2. The van der Waals surface area contributed by atoms with Gasteiger partial charge >= 0.3 is 4.87 Å². The van der Waals surface area contributed by atoms with Gasteiger partial charge in [0.2, 0.25) is 21.8 Å². The zero-order chi connectivity index (χ0) is 32.0. The van der Waals surface area contributed by atoms with Crippen LogP contribution in [0.4, 0.5) is 17.1 Å². The lowest BCUT2D eigenvalue weighted by atomic mass is 9.83. The number of nitro benzene ring substituents is 1. The van der Waals surface area contributed by atoms with E-state index in [1.165, 1.54) is 48.5 Å². The van der Waals surface area contributed by atoms with Crippen LogP contribution in [0.25, 0.3) is 0 Å². The maximum Gasteiger partial charge on any atom is 0.305 e. The van der Waals surface area contributed by atoms with Crippen molar-refractivity contribution in [3.8, 4) is 5.75 Å². The third-order valence-corrected chi connectivity index (χ3v) is 10.5. The highest BCUT2D eigenvalue weighted by Crippen LogP contribution is 2.53. The number of primary sulfonamides is 1. The van der Waals surface area contributed by atoms with Gasteiger partial charge in [0.15, 0.2) is 6.61 Å². The summed E-state index contributed by atoms with van der Waals surface area (Å²) in [7, 11) is -3.86. The number of thioether (sulfide) groups is 1. The Bertz CT molecular complexity index is 2010. The first-order chi connectivity index (χ1) is 21.4. The highest BCUT2D eigenvalue weighted by Gasteiger charge is 2.56. The molecular formula is C28H21N5O9S3. The van der Waals surface area contributed by atoms with Gasteiger partial charge in [0.05, 0.1) is 26.5 Å². The molecule has 2 aliphatic rings. The fraction of sp³-hybridized carbons (Fsp3) is 0.143. The highest BCUT2D eigenvalue weighted by molar-refractivity contribution is 8.00. The molecule has 3 aromatic carbocycles. The number of benzene rings is 3. The van der Waals surface area contributed by atoms with Gasteiger partial charge in [-0.05, 0) is 54.1 Å². The number of aromatic nitrogens is 1. The number of carbonyl (C=O) groups excluding carboxylic acids is 3. The fourth-order valence-corrected chi connectivity index (χ4v) is 8.23. The number of nitro groups is 1. The molecule has 4 aromatic rings. The van der Waals surface area contributed by atoms with Crippen LogP contribution >= 0.6 is 23.1 Å². The molecule has 4 N–H and O–H groups in total. The fourth-order valence-electron chi connectivity index (χ4n) is 5.20. The number of rotatable bonds is 8. The molecule has 45 heavy (non-hydrogen) atoms. The summed E-state index contributed by atoms with van der Waals surface area (Å²) >= 11 is 2.07. The van der Waals surface area contributed by atoms with Gasteiger partial charge in [0.25, 0.3) is 11.6 Å². The first-order valence-electron chi connectivity index (χ1n) is 13.1. The number of amides is 3. The summed E-state index contributed by atoms with van der Waals surface area (Å²) in [5.74, 6) is -2.64. The molecule has 14 nitrogen and oxygen atoms in total. The molecule has 230 valence electrons. The summed E-state index contributed by atoms with van der Waals surface area (Å²) in [4.78, 5) is 66.5. The highest BCUT2D eigenvalue weighted by atomic mass is 32.2. The maximum atomic E-state index is 13.8. The van der Waals surface area contributed by atoms with Crippen molar-refractivity contribution < 1.29 is 32.5 Å². The summed E-state index contributed by atoms with van der Waals surface area (Å²) in [6, 6.07) is 17.0. The number of thiazole rings is 1. The Morgan fingerprint density at radius 3 is 2.29 bits per heavy atom. The van der Waals surface area contributed by atoms with Crippen molar-refractivity contribution in [2.24, 2.45) is 11.1 Å². The van der Waals surface area contributed by atoms with E-state index in [2.05, 4.69) is 10.3 Å². The summed E-state index contributed by atoms with van der Waals surface area (Å²) in [6.07, 6.45) is 0. The third kappa shape index (κ3) is 5.85. The van der Waals surface area contributed by atoms with Crippen LogP contribution in [0.5, 0.6) is 5.75 Å². The van der Waals surface area contributed by atoms with Crippen LogP contribution in [0.2, 0.25) is 0 Å². The number of carbonyl (C=O) groups is 3. The van der Waals surface area contributed by atoms with Crippen LogP contribution in [-0.4, -0.2) is 47.9 Å². The molecule has 0 radical (unpaired) electrons. The second-order valence-corrected chi connectivity index (χ2v) is 13.7. The van der Waals surface area contributed by atoms with Gasteiger partial charge in [-0.25, -0.2) is 18.5 Å². The SMILES string of the molecule is NS(=O)(=O)c1ccc(NC(=O)COc2ccc(C3c4sc(=O)[nH]c4SC4C(=O)N(c5ccc([N+](=O)[O-])cc5)C(=O)C43)cc2)cc1. The third-order valence-electron chi connectivity index (χ3n) is 7.22. The molecule has 17 heteroatoms. The predicted octanol–water partition coefficient (Wildman–Crippen LogP) is 2.81. The molecule has 1 aromatic heterocycles.